The molecular formula is C37H70O3. The van der Waals surface area contributed by atoms with E-state index in [0.29, 0.717) is 13.2 Å². The van der Waals surface area contributed by atoms with Gasteiger partial charge in [0.1, 0.15) is 0 Å². The first kappa shape index (κ1) is 38.8. The molecular weight excluding hydrogens is 492 g/mol. The minimum atomic E-state index is -0.483. The van der Waals surface area contributed by atoms with Crippen molar-refractivity contribution in [2.24, 2.45) is 0 Å². The number of carbonyl (C=O) groups excluding carboxylic acids is 1. The fourth-order valence-electron chi connectivity index (χ4n) is 5.04. The number of unbranched alkanes of at least 4 members (excludes halogenated alkanes) is 24. The van der Waals surface area contributed by atoms with E-state index >= 15 is 0 Å². The van der Waals surface area contributed by atoms with Gasteiger partial charge in [0, 0.05) is 0 Å². The van der Waals surface area contributed by atoms with Crippen LogP contribution in [-0.4, -0.2) is 19.4 Å². The van der Waals surface area contributed by atoms with Gasteiger partial charge in [0.05, 0.1) is 13.2 Å². The van der Waals surface area contributed by atoms with Crippen LogP contribution in [0.5, 0.6) is 0 Å². The minimum Gasteiger partial charge on any atom is -0.434 e. The highest BCUT2D eigenvalue weighted by Crippen LogP contribution is 2.13. The quantitative estimate of drug-likeness (QED) is 0.0464. The smallest absolute Gasteiger partial charge is 0.434 e. The number of rotatable bonds is 32. The molecule has 0 aliphatic heterocycles. The maximum Gasteiger partial charge on any atom is 0.508 e. The van der Waals surface area contributed by atoms with Gasteiger partial charge in [-0.1, -0.05) is 160 Å². The van der Waals surface area contributed by atoms with Crippen molar-refractivity contribution >= 4 is 6.16 Å². The topological polar surface area (TPSA) is 35.5 Å². The molecule has 0 aromatic carbocycles. The van der Waals surface area contributed by atoms with Crippen LogP contribution in [0.2, 0.25) is 0 Å². The van der Waals surface area contributed by atoms with Gasteiger partial charge in [-0.3, -0.25) is 0 Å². The van der Waals surface area contributed by atoms with Crippen molar-refractivity contribution in [3.63, 3.8) is 0 Å². The van der Waals surface area contributed by atoms with Gasteiger partial charge in [-0.2, -0.15) is 0 Å². The summed E-state index contributed by atoms with van der Waals surface area (Å²) >= 11 is 0. The fourth-order valence-corrected chi connectivity index (χ4v) is 5.04. The van der Waals surface area contributed by atoms with Crippen molar-refractivity contribution < 1.29 is 14.3 Å². The molecule has 0 unspecified atom stereocenters. The zero-order valence-corrected chi connectivity index (χ0v) is 27.2. The maximum atomic E-state index is 11.7. The summed E-state index contributed by atoms with van der Waals surface area (Å²) in [6.07, 6.45) is 45.0. The van der Waals surface area contributed by atoms with Crippen LogP contribution in [0.3, 0.4) is 0 Å². The predicted octanol–water partition coefficient (Wildman–Crippen LogP) is 13.2. The van der Waals surface area contributed by atoms with E-state index in [1.165, 1.54) is 154 Å². The largest absolute Gasteiger partial charge is 0.508 e. The van der Waals surface area contributed by atoms with Crippen LogP contribution in [0.1, 0.15) is 194 Å². The molecule has 0 aliphatic carbocycles. The van der Waals surface area contributed by atoms with Crippen LogP contribution in [-0.2, 0) is 9.47 Å². The standard InChI is InChI=1S/C37H70O3/c1-3-5-7-9-11-13-15-17-18-19-20-21-22-23-24-26-28-30-32-34-36-40-37(38)39-35-33-31-29-27-25-16-14-12-10-8-6-4-2/h10,12,17-18H,3-9,11,13-16,19-36H2,1-2H3. The van der Waals surface area contributed by atoms with Crippen molar-refractivity contribution in [1.82, 2.24) is 0 Å². The number of carbonyl (C=O) groups is 1. The zero-order valence-electron chi connectivity index (χ0n) is 27.2. The molecule has 0 fully saturated rings. The van der Waals surface area contributed by atoms with Crippen LogP contribution in [0.25, 0.3) is 0 Å². The van der Waals surface area contributed by atoms with E-state index in [1.54, 1.807) is 0 Å². The predicted molar refractivity (Wildman–Crippen MR) is 176 cm³/mol. The first-order chi connectivity index (χ1) is 19.8. The normalized spacial score (nSPS) is 11.7. The van der Waals surface area contributed by atoms with Gasteiger partial charge in [-0.25, -0.2) is 4.79 Å². The third-order valence-corrected chi connectivity index (χ3v) is 7.75. The lowest BCUT2D eigenvalue weighted by Crippen LogP contribution is -2.09. The Labute approximate surface area is 251 Å². The highest BCUT2D eigenvalue weighted by atomic mass is 16.7. The van der Waals surface area contributed by atoms with Crippen LogP contribution in [0.15, 0.2) is 24.3 Å². The van der Waals surface area contributed by atoms with Gasteiger partial charge < -0.3 is 9.47 Å². The lowest BCUT2D eigenvalue weighted by molar-refractivity contribution is 0.0529. The van der Waals surface area contributed by atoms with Gasteiger partial charge in [0.15, 0.2) is 0 Å². The van der Waals surface area contributed by atoms with Crippen LogP contribution in [0, 0.1) is 0 Å². The van der Waals surface area contributed by atoms with Gasteiger partial charge >= 0.3 is 6.16 Å². The molecule has 0 N–H and O–H groups in total. The Morgan fingerprint density at radius 2 is 0.650 bits per heavy atom. The van der Waals surface area contributed by atoms with Crippen molar-refractivity contribution in [1.29, 1.82) is 0 Å². The summed E-state index contributed by atoms with van der Waals surface area (Å²) in [6, 6.07) is 0. The maximum absolute atomic E-state index is 11.7. The second kappa shape index (κ2) is 35.8. The van der Waals surface area contributed by atoms with E-state index in [1.807, 2.05) is 0 Å². The second-order valence-electron chi connectivity index (χ2n) is 11.8. The Morgan fingerprint density at radius 1 is 0.375 bits per heavy atom. The van der Waals surface area contributed by atoms with Crippen molar-refractivity contribution in [3.05, 3.63) is 24.3 Å². The van der Waals surface area contributed by atoms with Crippen molar-refractivity contribution in [2.75, 3.05) is 13.2 Å². The van der Waals surface area contributed by atoms with Crippen molar-refractivity contribution in [2.45, 2.75) is 194 Å². The van der Waals surface area contributed by atoms with E-state index in [2.05, 4.69) is 38.2 Å². The Balaban J connectivity index is 3.19. The fraction of sp³-hybridized carbons (Fsp3) is 0.865. The summed E-state index contributed by atoms with van der Waals surface area (Å²) in [5.74, 6) is 0. The van der Waals surface area contributed by atoms with E-state index in [9.17, 15) is 4.79 Å². The third kappa shape index (κ3) is 34.8. The van der Waals surface area contributed by atoms with E-state index < -0.39 is 6.16 Å². The Bertz CT molecular complexity index is 540. The second-order valence-corrected chi connectivity index (χ2v) is 11.8. The monoisotopic (exact) mass is 563 g/mol. The highest BCUT2D eigenvalue weighted by Gasteiger charge is 2.03. The first-order valence-corrected chi connectivity index (χ1v) is 17.9. The van der Waals surface area contributed by atoms with Gasteiger partial charge in [0.25, 0.3) is 0 Å². The molecule has 0 saturated carbocycles. The van der Waals surface area contributed by atoms with E-state index in [0.717, 1.165) is 25.7 Å². The zero-order chi connectivity index (χ0) is 29.0. The molecule has 0 amide bonds. The number of hydrogen-bond donors (Lipinski definition) is 0. The summed E-state index contributed by atoms with van der Waals surface area (Å²) < 4.78 is 10.4. The van der Waals surface area contributed by atoms with Gasteiger partial charge in [-0.05, 0) is 57.8 Å². The molecule has 0 radical (unpaired) electrons. The summed E-state index contributed by atoms with van der Waals surface area (Å²) in [5.41, 5.74) is 0. The molecule has 0 saturated heterocycles. The summed E-state index contributed by atoms with van der Waals surface area (Å²) in [4.78, 5) is 11.7. The molecule has 0 rings (SSSR count). The number of allylic oxidation sites excluding steroid dienone is 4. The summed E-state index contributed by atoms with van der Waals surface area (Å²) in [5, 5.41) is 0. The molecule has 0 atom stereocenters. The lowest BCUT2D eigenvalue weighted by Gasteiger charge is -2.06. The Morgan fingerprint density at radius 3 is 1.00 bits per heavy atom. The highest BCUT2D eigenvalue weighted by molar-refractivity contribution is 5.59. The van der Waals surface area contributed by atoms with Gasteiger partial charge in [0.2, 0.25) is 0 Å². The van der Waals surface area contributed by atoms with Gasteiger partial charge in [-0.15, -0.1) is 0 Å². The Hall–Kier alpha value is -1.25. The lowest BCUT2D eigenvalue weighted by atomic mass is 10.1. The van der Waals surface area contributed by atoms with Crippen LogP contribution < -0.4 is 0 Å². The molecule has 3 nitrogen and oxygen atoms in total. The molecule has 40 heavy (non-hydrogen) atoms. The molecule has 236 valence electrons. The van der Waals surface area contributed by atoms with Crippen LogP contribution in [0.4, 0.5) is 4.79 Å². The molecule has 0 aliphatic rings. The molecule has 3 heteroatoms. The Kier molecular flexibility index (Phi) is 34.7. The van der Waals surface area contributed by atoms with E-state index in [4.69, 9.17) is 9.47 Å². The average Bonchev–Trinajstić information content (AvgIpc) is 2.96. The summed E-state index contributed by atoms with van der Waals surface area (Å²) in [7, 11) is 0. The van der Waals surface area contributed by atoms with E-state index in [-0.39, 0.29) is 0 Å². The van der Waals surface area contributed by atoms with Crippen molar-refractivity contribution in [3.8, 4) is 0 Å². The molecule has 0 heterocycles. The molecule has 0 spiro atoms. The van der Waals surface area contributed by atoms with Crippen LogP contribution >= 0.6 is 0 Å². The molecule has 0 aromatic rings. The molecule has 0 aromatic heterocycles. The third-order valence-electron chi connectivity index (χ3n) is 7.75. The average molecular weight is 563 g/mol. The first-order valence-electron chi connectivity index (χ1n) is 17.9. The number of ether oxygens (including phenoxy) is 2. The number of hydrogen-bond acceptors (Lipinski definition) is 3. The summed E-state index contributed by atoms with van der Waals surface area (Å²) in [6.45, 7) is 5.52. The SMILES string of the molecule is CCCCC=CCCCCCCCCOC(=O)OCCCCCCCCCCCCC=CCCCCCCCC. The minimum absolute atomic E-state index is 0.483. The molecule has 0 bridgehead atoms.